The summed E-state index contributed by atoms with van der Waals surface area (Å²) in [4.78, 5) is 9.98. The summed E-state index contributed by atoms with van der Waals surface area (Å²) in [7, 11) is 1.70. The number of rotatable bonds is 4. The third-order valence-corrected chi connectivity index (χ3v) is 2.48. The molecule has 8 heteroatoms. The van der Waals surface area contributed by atoms with Crippen molar-refractivity contribution in [2.45, 2.75) is 6.54 Å². The lowest BCUT2D eigenvalue weighted by Crippen LogP contribution is -2.07. The Labute approximate surface area is 106 Å². The van der Waals surface area contributed by atoms with Gasteiger partial charge in [0.25, 0.3) is 5.69 Å². The molecule has 0 aliphatic heterocycles. The van der Waals surface area contributed by atoms with Crippen molar-refractivity contribution in [1.82, 2.24) is 9.78 Å². The summed E-state index contributed by atoms with van der Waals surface area (Å²) in [6, 6.07) is 3.30. The Morgan fingerprint density at radius 3 is 2.74 bits per heavy atom. The molecule has 0 spiro atoms. The van der Waals surface area contributed by atoms with Gasteiger partial charge < -0.3 is 5.32 Å². The minimum Gasteiger partial charge on any atom is -0.371 e. The van der Waals surface area contributed by atoms with Crippen LogP contribution in [0.5, 0.6) is 0 Å². The highest BCUT2D eigenvalue weighted by Gasteiger charge is 2.21. The number of nitro benzene ring substituents is 1. The molecule has 100 valence electrons. The lowest BCUT2D eigenvalue weighted by molar-refractivity contribution is -0.384. The van der Waals surface area contributed by atoms with E-state index in [1.807, 2.05) is 0 Å². The van der Waals surface area contributed by atoms with Crippen LogP contribution in [0.1, 0.15) is 5.69 Å². The van der Waals surface area contributed by atoms with Gasteiger partial charge in [-0.25, -0.2) is 8.78 Å². The lowest BCUT2D eigenvalue weighted by Gasteiger charge is -2.07. The largest absolute Gasteiger partial charge is 0.371 e. The van der Waals surface area contributed by atoms with Crippen molar-refractivity contribution >= 4 is 11.4 Å². The Morgan fingerprint density at radius 1 is 1.42 bits per heavy atom. The topological polar surface area (TPSA) is 73.0 Å². The fraction of sp³-hybridized carbons (Fsp3) is 0.182. The molecule has 2 rings (SSSR count). The standard InChI is InChI=1S/C11H10F2N4O2/c1-16-5-4-7(15-16)6-14-11-9(17(18)19)3-2-8(12)10(11)13/h2-5,14H,6H2,1H3. The number of nitrogens with zero attached hydrogens (tertiary/aromatic N) is 3. The second kappa shape index (κ2) is 5.01. The molecule has 0 saturated carbocycles. The van der Waals surface area contributed by atoms with Crippen LogP contribution in [0.4, 0.5) is 20.2 Å². The fourth-order valence-electron chi connectivity index (χ4n) is 1.60. The number of nitrogens with one attached hydrogen (secondary N) is 1. The predicted octanol–water partition coefficient (Wildman–Crippen LogP) is 2.22. The van der Waals surface area contributed by atoms with Crippen LogP contribution in [0.2, 0.25) is 0 Å². The average Bonchev–Trinajstić information content (AvgIpc) is 2.76. The Balaban J connectivity index is 2.28. The van der Waals surface area contributed by atoms with Gasteiger partial charge >= 0.3 is 0 Å². The zero-order valence-corrected chi connectivity index (χ0v) is 9.93. The van der Waals surface area contributed by atoms with E-state index in [0.717, 1.165) is 12.1 Å². The van der Waals surface area contributed by atoms with E-state index in [2.05, 4.69) is 10.4 Å². The molecule has 0 aliphatic rings. The van der Waals surface area contributed by atoms with Gasteiger partial charge in [0, 0.05) is 19.3 Å². The van der Waals surface area contributed by atoms with E-state index >= 15 is 0 Å². The highest BCUT2D eigenvalue weighted by atomic mass is 19.2. The molecule has 1 N–H and O–H groups in total. The minimum absolute atomic E-state index is 0.0576. The molecule has 0 bridgehead atoms. The predicted molar refractivity (Wildman–Crippen MR) is 63.5 cm³/mol. The summed E-state index contributed by atoms with van der Waals surface area (Å²) >= 11 is 0. The maximum Gasteiger partial charge on any atom is 0.295 e. The molecular weight excluding hydrogens is 258 g/mol. The maximum atomic E-state index is 13.6. The smallest absolute Gasteiger partial charge is 0.295 e. The molecular formula is C11H10F2N4O2. The summed E-state index contributed by atoms with van der Waals surface area (Å²) in [6.07, 6.45) is 1.67. The Bertz CT molecular complexity index is 627. The van der Waals surface area contributed by atoms with Crippen molar-refractivity contribution in [3.8, 4) is 0 Å². The van der Waals surface area contributed by atoms with Gasteiger partial charge in [-0.05, 0) is 12.1 Å². The van der Waals surface area contributed by atoms with E-state index in [1.165, 1.54) is 4.68 Å². The van der Waals surface area contributed by atoms with Crippen LogP contribution < -0.4 is 5.32 Å². The van der Waals surface area contributed by atoms with E-state index in [1.54, 1.807) is 19.3 Å². The maximum absolute atomic E-state index is 13.6. The fourth-order valence-corrected chi connectivity index (χ4v) is 1.60. The summed E-state index contributed by atoms with van der Waals surface area (Å²) < 4.78 is 28.2. The quantitative estimate of drug-likeness (QED) is 0.681. The van der Waals surface area contributed by atoms with Gasteiger partial charge in [-0.2, -0.15) is 5.10 Å². The first-order chi connectivity index (χ1) is 8.99. The zero-order valence-electron chi connectivity index (χ0n) is 9.93. The van der Waals surface area contributed by atoms with E-state index in [9.17, 15) is 18.9 Å². The van der Waals surface area contributed by atoms with Crippen molar-refractivity contribution in [3.05, 3.63) is 51.8 Å². The number of anilines is 1. The third kappa shape index (κ3) is 2.67. The molecule has 19 heavy (non-hydrogen) atoms. The van der Waals surface area contributed by atoms with Crippen molar-refractivity contribution < 1.29 is 13.7 Å². The van der Waals surface area contributed by atoms with Crippen LogP contribution in [0.15, 0.2) is 24.4 Å². The molecule has 0 saturated heterocycles. The summed E-state index contributed by atoms with van der Waals surface area (Å²) in [6.45, 7) is 0.0576. The van der Waals surface area contributed by atoms with Crippen LogP contribution in [-0.4, -0.2) is 14.7 Å². The van der Waals surface area contributed by atoms with E-state index in [4.69, 9.17) is 0 Å². The van der Waals surface area contributed by atoms with Crippen LogP contribution in [0.3, 0.4) is 0 Å². The molecule has 1 heterocycles. The van der Waals surface area contributed by atoms with Gasteiger partial charge in [-0.3, -0.25) is 14.8 Å². The highest BCUT2D eigenvalue weighted by molar-refractivity contribution is 5.62. The van der Waals surface area contributed by atoms with Crippen LogP contribution in [0, 0.1) is 21.7 Å². The van der Waals surface area contributed by atoms with E-state index < -0.39 is 27.9 Å². The Morgan fingerprint density at radius 2 is 2.16 bits per heavy atom. The Kier molecular flexibility index (Phi) is 3.41. The molecule has 1 aromatic heterocycles. The number of hydrogen-bond donors (Lipinski definition) is 1. The number of aryl methyl sites for hydroxylation is 1. The van der Waals surface area contributed by atoms with Gasteiger partial charge in [-0.1, -0.05) is 0 Å². The SMILES string of the molecule is Cn1ccc(CNc2c([N+](=O)[O-])ccc(F)c2F)n1. The minimum atomic E-state index is -1.27. The van der Waals surface area contributed by atoms with E-state index in [-0.39, 0.29) is 6.54 Å². The molecule has 0 amide bonds. The number of halogens is 2. The number of aromatic nitrogens is 2. The first kappa shape index (κ1) is 12.9. The van der Waals surface area contributed by atoms with Gasteiger partial charge in [0.1, 0.15) is 0 Å². The number of hydrogen-bond acceptors (Lipinski definition) is 4. The van der Waals surface area contributed by atoms with Crippen molar-refractivity contribution in [2.24, 2.45) is 7.05 Å². The van der Waals surface area contributed by atoms with Crippen molar-refractivity contribution in [1.29, 1.82) is 0 Å². The van der Waals surface area contributed by atoms with Crippen molar-refractivity contribution in [2.75, 3.05) is 5.32 Å². The van der Waals surface area contributed by atoms with Gasteiger partial charge in [0.15, 0.2) is 17.3 Å². The first-order valence-corrected chi connectivity index (χ1v) is 5.34. The Hall–Kier alpha value is -2.51. The van der Waals surface area contributed by atoms with Crippen LogP contribution in [0.25, 0.3) is 0 Å². The van der Waals surface area contributed by atoms with Gasteiger partial charge in [0.05, 0.1) is 17.2 Å². The monoisotopic (exact) mass is 268 g/mol. The molecule has 1 aromatic carbocycles. The second-order valence-corrected chi connectivity index (χ2v) is 3.85. The molecule has 0 unspecified atom stereocenters. The first-order valence-electron chi connectivity index (χ1n) is 5.34. The molecule has 0 aliphatic carbocycles. The summed E-state index contributed by atoms with van der Waals surface area (Å²) in [5.74, 6) is -2.42. The molecule has 0 radical (unpaired) electrons. The highest BCUT2D eigenvalue weighted by Crippen LogP contribution is 2.29. The molecule has 2 aromatic rings. The number of benzene rings is 1. The average molecular weight is 268 g/mol. The summed E-state index contributed by atoms with van der Waals surface area (Å²) in [5, 5.41) is 17.3. The van der Waals surface area contributed by atoms with E-state index in [0.29, 0.717) is 5.69 Å². The molecule has 0 fully saturated rings. The molecule has 0 atom stereocenters. The van der Waals surface area contributed by atoms with Crippen LogP contribution >= 0.6 is 0 Å². The van der Waals surface area contributed by atoms with Crippen molar-refractivity contribution in [3.63, 3.8) is 0 Å². The summed E-state index contributed by atoms with van der Waals surface area (Å²) in [5.41, 5.74) is -0.439. The van der Waals surface area contributed by atoms with Gasteiger partial charge in [-0.15, -0.1) is 0 Å². The second-order valence-electron chi connectivity index (χ2n) is 3.85. The van der Waals surface area contributed by atoms with Crippen LogP contribution in [-0.2, 0) is 13.6 Å². The third-order valence-electron chi connectivity index (χ3n) is 2.48. The molecule has 6 nitrogen and oxygen atoms in total. The van der Waals surface area contributed by atoms with Gasteiger partial charge in [0.2, 0.25) is 0 Å². The number of nitro groups is 1. The zero-order chi connectivity index (χ0) is 14.0. The lowest BCUT2D eigenvalue weighted by atomic mass is 10.2. The normalized spacial score (nSPS) is 10.5.